The van der Waals surface area contributed by atoms with E-state index in [1.54, 1.807) is 28.4 Å². The van der Waals surface area contributed by atoms with Crippen molar-refractivity contribution in [2.45, 2.75) is 39.3 Å². The molecule has 1 fully saturated rings. The van der Waals surface area contributed by atoms with E-state index in [1.165, 1.54) is 25.9 Å². The number of piperidine rings is 1. The number of nitrogens with zero attached hydrogens (tertiary/aromatic N) is 2. The zero-order valence-corrected chi connectivity index (χ0v) is 18.2. The Balaban J connectivity index is 1.91. The summed E-state index contributed by atoms with van der Waals surface area (Å²) < 4.78 is 16.2. The molecule has 0 radical (unpaired) electrons. The average molecular weight is 393 g/mol. The van der Waals surface area contributed by atoms with Crippen LogP contribution in [0.1, 0.15) is 32.3 Å². The van der Waals surface area contributed by atoms with Crippen molar-refractivity contribution in [3.8, 4) is 17.2 Å². The van der Waals surface area contributed by atoms with Gasteiger partial charge in [0.25, 0.3) is 0 Å². The van der Waals surface area contributed by atoms with Gasteiger partial charge >= 0.3 is 0 Å². The van der Waals surface area contributed by atoms with Gasteiger partial charge in [0.2, 0.25) is 5.75 Å². The number of hydrogen-bond donors (Lipinski definition) is 2. The normalized spacial score (nSPS) is 19.1. The lowest BCUT2D eigenvalue weighted by molar-refractivity contribution is 0.139. The quantitative estimate of drug-likeness (QED) is 0.523. The molecule has 2 rings (SSSR count). The largest absolute Gasteiger partial charge is 0.493 e. The van der Waals surface area contributed by atoms with Crippen LogP contribution in [0.25, 0.3) is 0 Å². The van der Waals surface area contributed by atoms with Gasteiger partial charge in [-0.2, -0.15) is 0 Å². The number of ether oxygens (including phenoxy) is 3. The minimum absolute atomic E-state index is 0.475. The van der Waals surface area contributed by atoms with Crippen LogP contribution >= 0.6 is 0 Å². The molecule has 1 heterocycles. The fourth-order valence-corrected chi connectivity index (χ4v) is 3.64. The van der Waals surface area contributed by atoms with E-state index in [0.717, 1.165) is 24.0 Å². The first kappa shape index (κ1) is 22.1. The fourth-order valence-electron chi connectivity index (χ4n) is 3.64. The Morgan fingerprint density at radius 3 is 2.39 bits per heavy atom. The highest BCUT2D eigenvalue weighted by Crippen LogP contribution is 2.38. The van der Waals surface area contributed by atoms with E-state index < -0.39 is 0 Å². The van der Waals surface area contributed by atoms with Crippen molar-refractivity contribution in [3.63, 3.8) is 0 Å². The van der Waals surface area contributed by atoms with Crippen LogP contribution in [-0.4, -0.2) is 64.9 Å². The lowest BCUT2D eigenvalue weighted by atomic mass is 9.99. The summed E-state index contributed by atoms with van der Waals surface area (Å²) in [6, 6.07) is 4.36. The molecule has 0 amide bonds. The molecule has 158 valence electrons. The maximum atomic E-state index is 5.42. The number of benzene rings is 1. The summed E-state index contributed by atoms with van der Waals surface area (Å²) in [6.45, 7) is 8.44. The summed E-state index contributed by atoms with van der Waals surface area (Å²) >= 11 is 0. The molecule has 2 N–H and O–H groups in total. The summed E-state index contributed by atoms with van der Waals surface area (Å²) in [4.78, 5) is 6.91. The lowest BCUT2D eigenvalue weighted by Crippen LogP contribution is -2.48. The molecule has 1 aliphatic rings. The first-order valence-corrected chi connectivity index (χ1v) is 9.99. The molecule has 2 atom stereocenters. The van der Waals surface area contributed by atoms with Crippen molar-refractivity contribution in [2.75, 3.05) is 48.0 Å². The van der Waals surface area contributed by atoms with Gasteiger partial charge in [-0.15, -0.1) is 0 Å². The zero-order valence-electron chi connectivity index (χ0n) is 18.2. The van der Waals surface area contributed by atoms with Gasteiger partial charge < -0.3 is 24.8 Å². The lowest BCUT2D eigenvalue weighted by Gasteiger charge is -2.35. The summed E-state index contributed by atoms with van der Waals surface area (Å²) in [5.74, 6) is 3.46. The van der Waals surface area contributed by atoms with Gasteiger partial charge in [0.15, 0.2) is 17.5 Å². The number of guanidine groups is 1. The molecule has 0 bridgehead atoms. The van der Waals surface area contributed by atoms with Crippen molar-refractivity contribution in [1.29, 1.82) is 0 Å². The Kier molecular flexibility index (Phi) is 8.70. The predicted octanol–water partition coefficient (Wildman–Crippen LogP) is 2.50. The van der Waals surface area contributed by atoms with Gasteiger partial charge in [0.1, 0.15) is 0 Å². The Bertz CT molecular complexity index is 626. The summed E-state index contributed by atoms with van der Waals surface area (Å²) in [5, 5.41) is 6.80. The smallest absolute Gasteiger partial charge is 0.203 e. The highest BCUT2D eigenvalue weighted by Gasteiger charge is 2.21. The predicted molar refractivity (Wildman–Crippen MR) is 114 cm³/mol. The van der Waals surface area contributed by atoms with Crippen LogP contribution in [0.3, 0.4) is 0 Å². The SMILES string of the molecule is CN=C(NCc1cc(OC)c(OC)c(OC)c1)NCC(C)N1CCCC(C)C1. The van der Waals surface area contributed by atoms with Crippen LogP contribution in [0.2, 0.25) is 0 Å². The molecule has 1 aromatic carbocycles. The maximum absolute atomic E-state index is 5.42. The summed E-state index contributed by atoms with van der Waals surface area (Å²) in [7, 11) is 6.64. The van der Waals surface area contributed by atoms with E-state index in [9.17, 15) is 0 Å². The van der Waals surface area contributed by atoms with E-state index in [-0.39, 0.29) is 0 Å². The van der Waals surface area contributed by atoms with Crippen LogP contribution < -0.4 is 24.8 Å². The molecule has 1 aromatic rings. The number of hydrogen-bond acceptors (Lipinski definition) is 5. The van der Waals surface area contributed by atoms with Crippen molar-refractivity contribution < 1.29 is 14.2 Å². The second-order valence-corrected chi connectivity index (χ2v) is 7.43. The highest BCUT2D eigenvalue weighted by atomic mass is 16.5. The topological polar surface area (TPSA) is 67.4 Å². The van der Waals surface area contributed by atoms with Gasteiger partial charge in [0.05, 0.1) is 21.3 Å². The highest BCUT2D eigenvalue weighted by molar-refractivity contribution is 5.79. The molecule has 28 heavy (non-hydrogen) atoms. The van der Waals surface area contributed by atoms with Crippen LogP contribution in [0.15, 0.2) is 17.1 Å². The third-order valence-electron chi connectivity index (χ3n) is 5.28. The van der Waals surface area contributed by atoms with Crippen LogP contribution in [0.5, 0.6) is 17.2 Å². The van der Waals surface area contributed by atoms with Crippen LogP contribution in [-0.2, 0) is 6.54 Å². The van der Waals surface area contributed by atoms with Crippen molar-refractivity contribution in [3.05, 3.63) is 17.7 Å². The minimum atomic E-state index is 0.475. The van der Waals surface area contributed by atoms with E-state index >= 15 is 0 Å². The average Bonchev–Trinajstić information content (AvgIpc) is 2.72. The standard InChI is InChI=1S/C21H36N4O3/c1-15-8-7-9-25(14-15)16(2)12-23-21(22-3)24-13-17-10-18(26-4)20(28-6)19(11-17)27-5/h10-11,15-16H,7-9,12-14H2,1-6H3,(H2,22,23,24). The van der Waals surface area contributed by atoms with Gasteiger partial charge in [-0.1, -0.05) is 6.92 Å². The van der Waals surface area contributed by atoms with Gasteiger partial charge in [0, 0.05) is 32.7 Å². The number of likely N-dealkylation sites (tertiary alicyclic amines) is 1. The van der Waals surface area contributed by atoms with Crippen LogP contribution in [0.4, 0.5) is 0 Å². The summed E-state index contributed by atoms with van der Waals surface area (Å²) in [5.41, 5.74) is 1.02. The number of rotatable bonds is 8. The fraction of sp³-hybridized carbons (Fsp3) is 0.667. The molecule has 1 aliphatic heterocycles. The molecule has 7 nitrogen and oxygen atoms in total. The van der Waals surface area contributed by atoms with Gasteiger partial charge in [-0.05, 0) is 49.9 Å². The molecule has 0 spiro atoms. The second kappa shape index (κ2) is 11.0. The minimum Gasteiger partial charge on any atom is -0.493 e. The molecule has 0 saturated carbocycles. The van der Waals surface area contributed by atoms with Crippen molar-refractivity contribution in [1.82, 2.24) is 15.5 Å². The molecular formula is C21H36N4O3. The number of nitrogens with one attached hydrogen (secondary N) is 2. The molecular weight excluding hydrogens is 356 g/mol. The van der Waals surface area contributed by atoms with Gasteiger partial charge in [-0.25, -0.2) is 0 Å². The Morgan fingerprint density at radius 2 is 1.86 bits per heavy atom. The van der Waals surface area contributed by atoms with E-state index in [1.807, 2.05) is 12.1 Å². The Morgan fingerprint density at radius 1 is 1.18 bits per heavy atom. The second-order valence-electron chi connectivity index (χ2n) is 7.43. The Labute approximate surface area is 169 Å². The Hall–Kier alpha value is -2.15. The molecule has 0 aliphatic carbocycles. The number of aliphatic imine (C=N–C) groups is 1. The van der Waals surface area contributed by atoms with E-state index in [2.05, 4.69) is 34.4 Å². The molecule has 7 heteroatoms. The monoisotopic (exact) mass is 392 g/mol. The summed E-state index contributed by atoms with van der Waals surface area (Å²) in [6.07, 6.45) is 2.63. The number of methoxy groups -OCH3 is 3. The van der Waals surface area contributed by atoms with Crippen molar-refractivity contribution in [2.24, 2.45) is 10.9 Å². The first-order valence-electron chi connectivity index (χ1n) is 9.99. The van der Waals surface area contributed by atoms with E-state index in [4.69, 9.17) is 14.2 Å². The van der Waals surface area contributed by atoms with Crippen LogP contribution in [0, 0.1) is 5.92 Å². The zero-order chi connectivity index (χ0) is 20.5. The third-order valence-corrected chi connectivity index (χ3v) is 5.28. The molecule has 0 aromatic heterocycles. The first-order chi connectivity index (χ1) is 13.5. The molecule has 2 unspecified atom stereocenters. The maximum Gasteiger partial charge on any atom is 0.203 e. The third kappa shape index (κ3) is 5.92. The van der Waals surface area contributed by atoms with Gasteiger partial charge in [-0.3, -0.25) is 9.89 Å². The van der Waals surface area contributed by atoms with Crippen molar-refractivity contribution >= 4 is 5.96 Å². The molecule has 1 saturated heterocycles. The van der Waals surface area contributed by atoms with E-state index in [0.29, 0.717) is 29.8 Å².